The molecule has 0 aliphatic carbocycles. The summed E-state index contributed by atoms with van der Waals surface area (Å²) in [6, 6.07) is 8.43. The number of nitrogens with two attached hydrogens (primary N) is 1. The van der Waals surface area contributed by atoms with Crippen LogP contribution in [0.5, 0.6) is 0 Å². The van der Waals surface area contributed by atoms with E-state index < -0.39 is 0 Å². The smallest absolute Gasteiger partial charge is 0.164 e. The third-order valence-corrected chi connectivity index (χ3v) is 4.00. The Hall–Kier alpha value is -2.63. The second kappa shape index (κ2) is 5.78. The second-order valence-electron chi connectivity index (χ2n) is 7.23. The zero-order valence-corrected chi connectivity index (χ0v) is 14.9. The first-order chi connectivity index (χ1) is 11.3. The van der Waals surface area contributed by atoms with Gasteiger partial charge in [0.25, 0.3) is 0 Å². The number of aromatic nitrogens is 4. The molecule has 0 unspecified atom stereocenters. The number of fused-ring (bicyclic) bond motifs is 1. The Kier molecular flexibility index (Phi) is 3.91. The van der Waals surface area contributed by atoms with Crippen molar-refractivity contribution in [2.45, 2.75) is 32.7 Å². The first-order valence-corrected chi connectivity index (χ1v) is 8.02. The van der Waals surface area contributed by atoms with Crippen LogP contribution in [0.1, 0.15) is 32.0 Å². The lowest BCUT2D eigenvalue weighted by Crippen LogP contribution is -2.23. The van der Waals surface area contributed by atoms with E-state index in [0.29, 0.717) is 12.2 Å². The van der Waals surface area contributed by atoms with Gasteiger partial charge in [-0.2, -0.15) is 5.10 Å². The lowest BCUT2D eigenvalue weighted by Gasteiger charge is -2.19. The van der Waals surface area contributed by atoms with Crippen LogP contribution in [0.4, 0.5) is 11.5 Å². The summed E-state index contributed by atoms with van der Waals surface area (Å²) in [5.41, 5.74) is 10.0. The normalized spacial score (nSPS) is 11.9. The van der Waals surface area contributed by atoms with Gasteiger partial charge in [0.2, 0.25) is 0 Å². The van der Waals surface area contributed by atoms with E-state index in [1.807, 2.05) is 18.8 Å². The molecule has 6 heteroatoms. The highest BCUT2D eigenvalue weighted by Gasteiger charge is 2.23. The summed E-state index contributed by atoms with van der Waals surface area (Å²) in [5, 5.41) is 5.66. The van der Waals surface area contributed by atoms with Crippen LogP contribution in [-0.2, 0) is 12.0 Å². The number of nitrogen functional groups attached to an aromatic ring is 1. The van der Waals surface area contributed by atoms with Crippen molar-refractivity contribution >= 4 is 22.5 Å². The maximum atomic E-state index is 6.13. The zero-order valence-electron chi connectivity index (χ0n) is 14.9. The largest absolute Gasteiger partial charge is 0.383 e. The van der Waals surface area contributed by atoms with E-state index in [2.05, 4.69) is 59.9 Å². The van der Waals surface area contributed by atoms with E-state index in [0.717, 1.165) is 22.4 Å². The first kappa shape index (κ1) is 16.2. The molecule has 1 aromatic carbocycles. The number of hydrogen-bond donors (Lipinski definition) is 1. The number of nitrogens with zero attached hydrogens (tertiary/aromatic N) is 5. The van der Waals surface area contributed by atoms with Crippen LogP contribution in [0.3, 0.4) is 0 Å². The summed E-state index contributed by atoms with van der Waals surface area (Å²) in [6.07, 6.45) is 2.19. The molecule has 0 amide bonds. The third kappa shape index (κ3) is 2.91. The van der Waals surface area contributed by atoms with Crippen LogP contribution in [0.15, 0.2) is 30.6 Å². The van der Waals surface area contributed by atoms with Gasteiger partial charge in [0, 0.05) is 26.2 Å². The maximum absolute atomic E-state index is 6.13. The van der Waals surface area contributed by atoms with Crippen molar-refractivity contribution in [3.05, 3.63) is 41.9 Å². The fourth-order valence-electron chi connectivity index (χ4n) is 2.77. The van der Waals surface area contributed by atoms with Gasteiger partial charge < -0.3 is 10.6 Å². The molecule has 0 bridgehead atoms. The van der Waals surface area contributed by atoms with Crippen molar-refractivity contribution in [2.75, 3.05) is 24.7 Å². The summed E-state index contributed by atoms with van der Waals surface area (Å²) in [4.78, 5) is 10.7. The quantitative estimate of drug-likeness (QED) is 0.802. The van der Waals surface area contributed by atoms with Gasteiger partial charge in [-0.25, -0.2) is 14.6 Å². The molecule has 0 radical (unpaired) electrons. The molecule has 0 spiro atoms. The van der Waals surface area contributed by atoms with Crippen LogP contribution < -0.4 is 10.6 Å². The van der Waals surface area contributed by atoms with Gasteiger partial charge in [-0.15, -0.1) is 0 Å². The summed E-state index contributed by atoms with van der Waals surface area (Å²) in [7, 11) is 4.07. The Morgan fingerprint density at radius 3 is 2.58 bits per heavy atom. The Balaban J connectivity index is 2.12. The van der Waals surface area contributed by atoms with E-state index in [1.165, 1.54) is 11.9 Å². The molecule has 0 saturated carbocycles. The number of hydrogen-bond acceptors (Lipinski definition) is 5. The van der Waals surface area contributed by atoms with Crippen molar-refractivity contribution < 1.29 is 0 Å². The minimum absolute atomic E-state index is 0.178. The fraction of sp³-hybridized carbons (Fsp3) is 0.389. The summed E-state index contributed by atoms with van der Waals surface area (Å²) in [5.74, 6) is 0.481. The molecule has 0 atom stereocenters. The molecular formula is C18H24N6. The van der Waals surface area contributed by atoms with Crippen molar-refractivity contribution in [2.24, 2.45) is 0 Å². The van der Waals surface area contributed by atoms with E-state index in [9.17, 15) is 0 Å². The molecule has 2 N–H and O–H groups in total. The molecule has 126 valence electrons. The standard InChI is InChI=1S/C18H24N6/c1-18(2,3)24-17-15(16(19)20-11-21-17)14(22-24)10-12-7-6-8-13(9-12)23(4)5/h6-9,11H,10H2,1-5H3,(H2,19,20,21). The minimum Gasteiger partial charge on any atom is -0.383 e. The molecule has 0 fully saturated rings. The number of anilines is 2. The Morgan fingerprint density at radius 2 is 1.92 bits per heavy atom. The zero-order chi connectivity index (χ0) is 17.5. The Labute approximate surface area is 142 Å². The molecule has 0 saturated heterocycles. The molecule has 6 nitrogen and oxygen atoms in total. The summed E-state index contributed by atoms with van der Waals surface area (Å²) in [6.45, 7) is 6.32. The topological polar surface area (TPSA) is 72.9 Å². The summed E-state index contributed by atoms with van der Waals surface area (Å²) >= 11 is 0. The van der Waals surface area contributed by atoms with Crippen molar-refractivity contribution in [3.63, 3.8) is 0 Å². The van der Waals surface area contributed by atoms with E-state index >= 15 is 0 Å². The fourth-order valence-corrected chi connectivity index (χ4v) is 2.77. The van der Waals surface area contributed by atoms with Gasteiger partial charge in [0.1, 0.15) is 12.1 Å². The van der Waals surface area contributed by atoms with E-state index in [4.69, 9.17) is 10.8 Å². The highest BCUT2D eigenvalue weighted by atomic mass is 15.3. The molecule has 2 aromatic heterocycles. The van der Waals surface area contributed by atoms with Crippen LogP contribution in [0.25, 0.3) is 11.0 Å². The van der Waals surface area contributed by atoms with Crippen molar-refractivity contribution in [3.8, 4) is 0 Å². The monoisotopic (exact) mass is 324 g/mol. The minimum atomic E-state index is -0.178. The van der Waals surface area contributed by atoms with Crippen LogP contribution in [-0.4, -0.2) is 33.8 Å². The van der Waals surface area contributed by atoms with Gasteiger partial charge in [-0.3, -0.25) is 0 Å². The molecule has 3 rings (SSSR count). The van der Waals surface area contributed by atoms with Gasteiger partial charge in [0.05, 0.1) is 16.6 Å². The van der Waals surface area contributed by atoms with E-state index in [-0.39, 0.29) is 5.54 Å². The van der Waals surface area contributed by atoms with Crippen LogP contribution in [0, 0.1) is 0 Å². The average molecular weight is 324 g/mol. The van der Waals surface area contributed by atoms with Gasteiger partial charge in [-0.1, -0.05) is 12.1 Å². The van der Waals surface area contributed by atoms with Crippen molar-refractivity contribution in [1.29, 1.82) is 0 Å². The van der Waals surface area contributed by atoms with Crippen molar-refractivity contribution in [1.82, 2.24) is 19.7 Å². The van der Waals surface area contributed by atoms with Crippen LogP contribution >= 0.6 is 0 Å². The van der Waals surface area contributed by atoms with Gasteiger partial charge >= 0.3 is 0 Å². The number of benzene rings is 1. The molecule has 0 aliphatic heterocycles. The molecule has 0 aliphatic rings. The Bertz CT molecular complexity index is 873. The first-order valence-electron chi connectivity index (χ1n) is 8.02. The summed E-state index contributed by atoms with van der Waals surface area (Å²) < 4.78 is 1.94. The van der Waals surface area contributed by atoms with Gasteiger partial charge in [0.15, 0.2) is 5.65 Å². The lowest BCUT2D eigenvalue weighted by molar-refractivity contribution is 0.363. The molecular weight excluding hydrogens is 300 g/mol. The third-order valence-electron chi connectivity index (χ3n) is 4.00. The van der Waals surface area contributed by atoms with E-state index in [1.54, 1.807) is 0 Å². The molecule has 3 aromatic rings. The van der Waals surface area contributed by atoms with Gasteiger partial charge in [-0.05, 0) is 38.5 Å². The number of rotatable bonds is 3. The molecule has 24 heavy (non-hydrogen) atoms. The predicted octanol–water partition coefficient (Wildman–Crippen LogP) is 2.82. The highest BCUT2D eigenvalue weighted by molar-refractivity contribution is 5.88. The average Bonchev–Trinajstić information content (AvgIpc) is 2.88. The predicted molar refractivity (Wildman–Crippen MR) is 98.3 cm³/mol. The Morgan fingerprint density at radius 1 is 1.17 bits per heavy atom. The lowest BCUT2D eigenvalue weighted by atomic mass is 10.1. The highest BCUT2D eigenvalue weighted by Crippen LogP contribution is 2.28. The maximum Gasteiger partial charge on any atom is 0.164 e. The second-order valence-corrected chi connectivity index (χ2v) is 7.23. The molecule has 2 heterocycles. The van der Waals surface area contributed by atoms with Crippen LogP contribution in [0.2, 0.25) is 0 Å². The SMILES string of the molecule is CN(C)c1cccc(Cc2nn(C(C)(C)C)c3ncnc(N)c23)c1.